The zero-order valence-electron chi connectivity index (χ0n) is 11.5. The molecule has 5 heteroatoms. The molecule has 1 heterocycles. The van der Waals surface area contributed by atoms with Crippen LogP contribution < -0.4 is 5.43 Å². The van der Waals surface area contributed by atoms with Crippen molar-refractivity contribution in [3.63, 3.8) is 0 Å². The number of amides is 1. The van der Waals surface area contributed by atoms with Crippen LogP contribution in [0.1, 0.15) is 36.4 Å². The summed E-state index contributed by atoms with van der Waals surface area (Å²) in [7, 11) is 0. The number of rotatable bonds is 5. The molecule has 2 aromatic rings. The second-order valence-electron chi connectivity index (χ2n) is 4.54. The maximum Gasteiger partial charge on any atom is 0.282 e. The molecule has 0 fully saturated rings. The second kappa shape index (κ2) is 6.86. The minimum atomic E-state index is -0.251. The van der Waals surface area contributed by atoms with Crippen molar-refractivity contribution in [2.45, 2.75) is 26.7 Å². The highest BCUT2D eigenvalue weighted by Crippen LogP contribution is 2.34. The van der Waals surface area contributed by atoms with Crippen molar-refractivity contribution in [2.75, 3.05) is 0 Å². The van der Waals surface area contributed by atoms with E-state index in [0.717, 1.165) is 22.9 Å². The molecule has 1 amide bonds. The van der Waals surface area contributed by atoms with Crippen molar-refractivity contribution in [3.05, 3.63) is 34.2 Å². The van der Waals surface area contributed by atoms with Crippen LogP contribution in [-0.4, -0.2) is 12.1 Å². The number of nitrogens with one attached hydrogen (secondary N) is 1. The molecule has 0 aliphatic carbocycles. The third-order valence-corrected chi connectivity index (χ3v) is 4.92. The van der Waals surface area contributed by atoms with Gasteiger partial charge in [0, 0.05) is 16.3 Å². The third-order valence-electron chi connectivity index (χ3n) is 3.24. The monoisotopic (exact) mass is 308 g/mol. The summed E-state index contributed by atoms with van der Waals surface area (Å²) in [6, 6.07) is 7.71. The normalized spacial score (nSPS) is 11.6. The summed E-state index contributed by atoms with van der Waals surface area (Å²) in [4.78, 5) is 12.6. The predicted molar refractivity (Wildman–Crippen MR) is 86.9 cm³/mol. The first kappa shape index (κ1) is 15.0. The lowest BCUT2D eigenvalue weighted by molar-refractivity contribution is 0.0959. The van der Waals surface area contributed by atoms with Gasteiger partial charge < -0.3 is 0 Å². The summed E-state index contributed by atoms with van der Waals surface area (Å²) < 4.78 is 1.01. The summed E-state index contributed by atoms with van der Waals surface area (Å²) in [5, 5.41) is 5.44. The van der Waals surface area contributed by atoms with E-state index < -0.39 is 0 Å². The molecule has 0 saturated heterocycles. The van der Waals surface area contributed by atoms with E-state index in [-0.39, 0.29) is 5.91 Å². The van der Waals surface area contributed by atoms with Gasteiger partial charge in [-0.3, -0.25) is 4.79 Å². The van der Waals surface area contributed by atoms with Crippen molar-refractivity contribution >= 4 is 45.1 Å². The number of carbonyl (C=O) groups is 1. The van der Waals surface area contributed by atoms with Crippen LogP contribution in [0, 0.1) is 5.92 Å². The first-order valence-electron chi connectivity index (χ1n) is 6.67. The van der Waals surface area contributed by atoms with Gasteiger partial charge in [0.1, 0.15) is 4.88 Å². The van der Waals surface area contributed by atoms with Gasteiger partial charge in [0.2, 0.25) is 0 Å². The molecule has 1 N–H and O–H groups in total. The molecular weight excluding hydrogens is 292 g/mol. The van der Waals surface area contributed by atoms with Gasteiger partial charge in [-0.15, -0.1) is 11.3 Å². The van der Waals surface area contributed by atoms with Crippen LogP contribution in [0.15, 0.2) is 29.4 Å². The number of hydrogen-bond acceptors (Lipinski definition) is 3. The Morgan fingerprint density at radius 2 is 2.10 bits per heavy atom. The molecule has 0 radical (unpaired) electrons. The molecule has 20 heavy (non-hydrogen) atoms. The lowest BCUT2D eigenvalue weighted by Gasteiger charge is -2.04. The highest BCUT2D eigenvalue weighted by atomic mass is 35.5. The van der Waals surface area contributed by atoms with Crippen molar-refractivity contribution in [1.29, 1.82) is 0 Å². The summed E-state index contributed by atoms with van der Waals surface area (Å²) in [6.07, 6.45) is 3.82. The Balaban J connectivity index is 2.14. The van der Waals surface area contributed by atoms with Crippen molar-refractivity contribution in [2.24, 2.45) is 11.0 Å². The van der Waals surface area contributed by atoms with E-state index in [1.165, 1.54) is 11.3 Å². The number of halogens is 1. The van der Waals surface area contributed by atoms with E-state index in [1.54, 1.807) is 6.21 Å². The van der Waals surface area contributed by atoms with Gasteiger partial charge in [-0.25, -0.2) is 5.43 Å². The van der Waals surface area contributed by atoms with Crippen LogP contribution in [0.2, 0.25) is 5.02 Å². The number of hydrazone groups is 1. The van der Waals surface area contributed by atoms with Crippen LogP contribution >= 0.6 is 22.9 Å². The van der Waals surface area contributed by atoms with Gasteiger partial charge in [0.25, 0.3) is 5.91 Å². The Labute approximate surface area is 127 Å². The number of carbonyl (C=O) groups excluding carboxylic acids is 1. The number of thiophene rings is 1. The van der Waals surface area contributed by atoms with E-state index in [1.807, 2.05) is 24.3 Å². The van der Waals surface area contributed by atoms with Gasteiger partial charge in [-0.05, 0) is 24.8 Å². The molecule has 0 saturated carbocycles. The predicted octanol–water partition coefficient (Wildman–Crippen LogP) is 4.71. The Morgan fingerprint density at radius 1 is 1.40 bits per heavy atom. The van der Waals surface area contributed by atoms with Crippen molar-refractivity contribution < 1.29 is 4.79 Å². The zero-order valence-corrected chi connectivity index (χ0v) is 13.1. The van der Waals surface area contributed by atoms with E-state index in [0.29, 0.717) is 15.8 Å². The average Bonchev–Trinajstić information content (AvgIpc) is 2.81. The first-order chi connectivity index (χ1) is 9.67. The number of fused-ring (bicyclic) bond motifs is 1. The zero-order chi connectivity index (χ0) is 14.5. The van der Waals surface area contributed by atoms with Gasteiger partial charge in [0.15, 0.2) is 0 Å². The fourth-order valence-corrected chi connectivity index (χ4v) is 3.32. The minimum absolute atomic E-state index is 0.251. The molecule has 2 rings (SSSR count). The fraction of sp³-hybridized carbons (Fsp3) is 0.333. The summed E-state index contributed by atoms with van der Waals surface area (Å²) in [5.74, 6) is 0.145. The van der Waals surface area contributed by atoms with E-state index in [2.05, 4.69) is 24.4 Å². The molecule has 0 aliphatic heterocycles. The Hall–Kier alpha value is -1.39. The fourth-order valence-electron chi connectivity index (χ4n) is 1.91. The van der Waals surface area contributed by atoms with Crippen LogP contribution in [-0.2, 0) is 0 Å². The second-order valence-corrected chi connectivity index (χ2v) is 5.97. The molecule has 0 unspecified atom stereocenters. The standard InChI is InChI=1S/C15H17ClN2OS/c1-3-10(4-2)9-17-18-15(19)14-13(16)11-7-5-6-8-12(11)20-14/h5-10H,3-4H2,1-2H3,(H,18,19)/b17-9+. The van der Waals surface area contributed by atoms with Gasteiger partial charge in [-0.2, -0.15) is 5.10 Å². The topological polar surface area (TPSA) is 41.5 Å². The smallest absolute Gasteiger partial charge is 0.266 e. The first-order valence-corrected chi connectivity index (χ1v) is 7.87. The highest BCUT2D eigenvalue weighted by Gasteiger charge is 2.16. The molecule has 0 atom stereocenters. The molecule has 0 aliphatic rings. The van der Waals surface area contributed by atoms with Crippen LogP contribution in [0.3, 0.4) is 0 Å². The van der Waals surface area contributed by atoms with E-state index >= 15 is 0 Å². The maximum absolute atomic E-state index is 12.1. The number of hydrogen-bond donors (Lipinski definition) is 1. The molecule has 3 nitrogen and oxygen atoms in total. The quantitative estimate of drug-likeness (QED) is 0.631. The van der Waals surface area contributed by atoms with Crippen molar-refractivity contribution in [3.8, 4) is 0 Å². The largest absolute Gasteiger partial charge is 0.282 e. The van der Waals surface area contributed by atoms with Crippen LogP contribution in [0.5, 0.6) is 0 Å². The van der Waals surface area contributed by atoms with Crippen LogP contribution in [0.4, 0.5) is 0 Å². The van der Waals surface area contributed by atoms with Gasteiger partial charge in [-0.1, -0.05) is 43.6 Å². The summed E-state index contributed by atoms with van der Waals surface area (Å²) >= 11 is 7.63. The van der Waals surface area contributed by atoms with E-state index in [4.69, 9.17) is 11.6 Å². The Bertz CT molecular complexity index is 632. The van der Waals surface area contributed by atoms with Crippen LogP contribution in [0.25, 0.3) is 10.1 Å². The van der Waals surface area contributed by atoms with E-state index in [9.17, 15) is 4.79 Å². The maximum atomic E-state index is 12.1. The molecule has 106 valence electrons. The highest BCUT2D eigenvalue weighted by molar-refractivity contribution is 7.21. The third kappa shape index (κ3) is 3.19. The Kier molecular flexibility index (Phi) is 5.15. The summed E-state index contributed by atoms with van der Waals surface area (Å²) in [6.45, 7) is 4.20. The molecule has 1 aromatic heterocycles. The molecule has 0 spiro atoms. The van der Waals surface area contributed by atoms with Crippen molar-refractivity contribution in [1.82, 2.24) is 5.43 Å². The lowest BCUT2D eigenvalue weighted by Crippen LogP contribution is -2.17. The average molecular weight is 309 g/mol. The number of benzene rings is 1. The lowest BCUT2D eigenvalue weighted by atomic mass is 10.1. The number of nitrogens with zero attached hydrogens (tertiary/aromatic N) is 1. The molecule has 0 bridgehead atoms. The minimum Gasteiger partial charge on any atom is -0.266 e. The summed E-state index contributed by atoms with van der Waals surface area (Å²) in [5.41, 5.74) is 2.56. The van der Waals surface area contributed by atoms with Gasteiger partial charge in [0.05, 0.1) is 5.02 Å². The molecular formula is C15H17ClN2OS. The van der Waals surface area contributed by atoms with Gasteiger partial charge >= 0.3 is 0 Å². The Morgan fingerprint density at radius 3 is 2.75 bits per heavy atom. The molecule has 1 aromatic carbocycles. The SMILES string of the molecule is CCC(/C=N/NC(=O)c1sc2ccccc2c1Cl)CC.